The summed E-state index contributed by atoms with van der Waals surface area (Å²) in [4.78, 5) is 6.87. The number of nitrogens with zero attached hydrogens (tertiary/aromatic N) is 3. The average Bonchev–Trinajstić information content (AvgIpc) is 3.00. The van der Waals surface area contributed by atoms with Crippen LogP contribution in [0.15, 0.2) is 17.0 Å². The molecule has 1 spiro atoms. The summed E-state index contributed by atoms with van der Waals surface area (Å²) in [5.41, 5.74) is 0.620. The first-order valence-corrected chi connectivity index (χ1v) is 10.7. The van der Waals surface area contributed by atoms with E-state index in [2.05, 4.69) is 9.88 Å². The fraction of sp³-hybridized carbons (Fsp3) is 0.706. The molecule has 138 valence electrons. The molecule has 8 heteroatoms. The molecule has 0 aromatic carbocycles. The highest BCUT2D eigenvalue weighted by molar-refractivity contribution is 7.89. The number of aryl methyl sites for hydroxylation is 1. The number of morpholine rings is 1. The molecule has 0 bridgehead atoms. The van der Waals surface area contributed by atoms with Crippen LogP contribution in [0.5, 0.6) is 0 Å². The van der Waals surface area contributed by atoms with Gasteiger partial charge in [-0.25, -0.2) is 13.4 Å². The summed E-state index contributed by atoms with van der Waals surface area (Å²) in [6.45, 7) is 6.56. The Hall–Kier alpha value is -0.730. The zero-order valence-electron chi connectivity index (χ0n) is 14.4. The predicted molar refractivity (Wildman–Crippen MR) is 95.2 cm³/mol. The largest absolute Gasteiger partial charge is 0.379 e. The Kier molecular flexibility index (Phi) is 4.57. The number of halogens is 1. The fourth-order valence-electron chi connectivity index (χ4n) is 4.52. The van der Waals surface area contributed by atoms with Crippen molar-refractivity contribution >= 4 is 21.6 Å². The summed E-state index contributed by atoms with van der Waals surface area (Å²) in [5.74, 6) is 0. The van der Waals surface area contributed by atoms with E-state index >= 15 is 0 Å². The Morgan fingerprint density at radius 3 is 2.68 bits per heavy atom. The maximum Gasteiger partial charge on any atom is 0.244 e. The molecule has 2 aliphatic heterocycles. The number of hydrogen-bond donors (Lipinski definition) is 0. The molecular weight excluding hydrogens is 362 g/mol. The first-order chi connectivity index (χ1) is 11.9. The number of hydrogen-bond acceptors (Lipinski definition) is 5. The van der Waals surface area contributed by atoms with Crippen molar-refractivity contribution in [3.8, 4) is 0 Å². The van der Waals surface area contributed by atoms with Crippen LogP contribution < -0.4 is 0 Å². The number of rotatable bonds is 3. The topological polar surface area (TPSA) is 62.7 Å². The van der Waals surface area contributed by atoms with Gasteiger partial charge in [0.25, 0.3) is 0 Å². The van der Waals surface area contributed by atoms with Crippen LogP contribution in [0.25, 0.3) is 0 Å². The maximum absolute atomic E-state index is 12.9. The Bertz CT molecular complexity index is 758. The zero-order chi connectivity index (χ0) is 17.7. The molecule has 0 N–H and O–H groups in total. The van der Waals surface area contributed by atoms with Crippen LogP contribution in [0.2, 0.25) is 5.15 Å². The molecule has 3 heterocycles. The van der Waals surface area contributed by atoms with Gasteiger partial charge in [0.05, 0.1) is 18.9 Å². The minimum absolute atomic E-state index is 0.157. The summed E-state index contributed by atoms with van der Waals surface area (Å²) in [5, 5.41) is 0.320. The first-order valence-electron chi connectivity index (χ1n) is 8.85. The second-order valence-corrected chi connectivity index (χ2v) is 9.83. The van der Waals surface area contributed by atoms with Crippen LogP contribution in [0.3, 0.4) is 0 Å². The van der Waals surface area contributed by atoms with Crippen molar-refractivity contribution < 1.29 is 13.2 Å². The molecule has 2 saturated heterocycles. The van der Waals surface area contributed by atoms with E-state index in [4.69, 9.17) is 16.3 Å². The molecule has 0 amide bonds. The van der Waals surface area contributed by atoms with E-state index in [1.807, 2.05) is 0 Å². The Morgan fingerprint density at radius 2 is 2.00 bits per heavy atom. The second kappa shape index (κ2) is 6.46. The average molecular weight is 386 g/mol. The highest BCUT2D eigenvalue weighted by Gasteiger charge is 2.53. The lowest BCUT2D eigenvalue weighted by Crippen LogP contribution is -2.57. The van der Waals surface area contributed by atoms with E-state index in [9.17, 15) is 8.42 Å². The normalized spacial score (nSPS) is 27.5. The van der Waals surface area contributed by atoms with Gasteiger partial charge < -0.3 is 4.74 Å². The van der Waals surface area contributed by atoms with Gasteiger partial charge in [0.15, 0.2) is 0 Å². The van der Waals surface area contributed by atoms with Crippen LogP contribution in [0, 0.1) is 12.3 Å². The van der Waals surface area contributed by atoms with Crippen LogP contribution in [-0.2, 0) is 14.8 Å². The lowest BCUT2D eigenvalue weighted by Gasteiger charge is -2.47. The van der Waals surface area contributed by atoms with Gasteiger partial charge in [0, 0.05) is 32.2 Å². The van der Waals surface area contributed by atoms with Crippen LogP contribution in [0.4, 0.5) is 0 Å². The molecule has 1 aliphatic carbocycles. The molecule has 0 radical (unpaired) electrons. The maximum atomic E-state index is 12.9. The Balaban J connectivity index is 1.43. The molecule has 1 aromatic rings. The molecular formula is C17H24ClN3O3S. The van der Waals surface area contributed by atoms with Gasteiger partial charge in [-0.3, -0.25) is 4.90 Å². The second-order valence-electron chi connectivity index (χ2n) is 7.54. The summed E-state index contributed by atoms with van der Waals surface area (Å²) in [6.07, 6.45) is 3.37. The molecule has 1 atom stereocenters. The minimum Gasteiger partial charge on any atom is -0.379 e. The summed E-state index contributed by atoms with van der Waals surface area (Å²) in [6, 6.07) is 3.68. The van der Waals surface area contributed by atoms with Crippen LogP contribution in [0.1, 0.15) is 25.0 Å². The quantitative estimate of drug-likeness (QED) is 0.744. The number of pyridine rings is 1. The third-order valence-corrected chi connectivity index (χ3v) is 8.02. The van der Waals surface area contributed by atoms with Crippen molar-refractivity contribution in [3.63, 3.8) is 0 Å². The summed E-state index contributed by atoms with van der Waals surface area (Å²) in [7, 11) is -3.48. The molecule has 0 unspecified atom stereocenters. The fourth-order valence-corrected chi connectivity index (χ4v) is 6.53. The van der Waals surface area contributed by atoms with Crippen LogP contribution >= 0.6 is 11.6 Å². The van der Waals surface area contributed by atoms with Crippen LogP contribution in [-0.4, -0.2) is 68.0 Å². The molecule has 4 rings (SSSR count). The van der Waals surface area contributed by atoms with Crippen molar-refractivity contribution in [2.45, 2.75) is 37.1 Å². The third kappa shape index (κ3) is 3.21. The molecule has 3 aliphatic rings. The van der Waals surface area contributed by atoms with Crippen molar-refractivity contribution in [3.05, 3.63) is 23.0 Å². The van der Waals surface area contributed by atoms with Crippen molar-refractivity contribution in [2.75, 3.05) is 39.4 Å². The highest BCUT2D eigenvalue weighted by atomic mass is 35.5. The number of ether oxygens (including phenoxy) is 1. The molecule has 25 heavy (non-hydrogen) atoms. The smallest absolute Gasteiger partial charge is 0.244 e. The molecule has 1 aromatic heterocycles. The van der Waals surface area contributed by atoms with Gasteiger partial charge >= 0.3 is 0 Å². The van der Waals surface area contributed by atoms with Crippen molar-refractivity contribution in [2.24, 2.45) is 5.41 Å². The van der Waals surface area contributed by atoms with Gasteiger partial charge in [-0.1, -0.05) is 11.6 Å². The van der Waals surface area contributed by atoms with Gasteiger partial charge in [0.1, 0.15) is 10.0 Å². The molecule has 3 fully saturated rings. The van der Waals surface area contributed by atoms with E-state index in [1.54, 1.807) is 23.4 Å². The van der Waals surface area contributed by atoms with E-state index in [1.165, 1.54) is 0 Å². The third-order valence-electron chi connectivity index (χ3n) is 5.88. The van der Waals surface area contributed by atoms with Crippen molar-refractivity contribution in [1.82, 2.24) is 14.2 Å². The molecule has 1 saturated carbocycles. The van der Waals surface area contributed by atoms with Gasteiger partial charge in [0.2, 0.25) is 10.0 Å². The van der Waals surface area contributed by atoms with Gasteiger partial charge in [-0.15, -0.1) is 0 Å². The lowest BCUT2D eigenvalue weighted by molar-refractivity contribution is 0.00815. The SMILES string of the molecule is Cc1nc(Cl)ccc1S(=O)(=O)N1CC2(CC[C@@H](N3CCOCC3)C2)C1. The molecule has 6 nitrogen and oxygen atoms in total. The minimum atomic E-state index is -3.48. The first kappa shape index (κ1) is 17.7. The van der Waals surface area contributed by atoms with Gasteiger partial charge in [-0.05, 0) is 43.7 Å². The zero-order valence-corrected chi connectivity index (χ0v) is 16.0. The highest BCUT2D eigenvalue weighted by Crippen LogP contribution is 2.48. The summed E-state index contributed by atoms with van der Waals surface area (Å²) < 4.78 is 32.8. The Morgan fingerprint density at radius 1 is 1.28 bits per heavy atom. The van der Waals surface area contributed by atoms with E-state index in [0.29, 0.717) is 30.0 Å². The lowest BCUT2D eigenvalue weighted by atomic mass is 9.80. The number of aromatic nitrogens is 1. The van der Waals surface area contributed by atoms with E-state index in [-0.39, 0.29) is 10.3 Å². The monoisotopic (exact) mass is 385 g/mol. The van der Waals surface area contributed by atoms with Crippen molar-refractivity contribution in [1.29, 1.82) is 0 Å². The number of sulfonamides is 1. The summed E-state index contributed by atoms with van der Waals surface area (Å²) >= 11 is 5.85. The van der Waals surface area contributed by atoms with E-state index in [0.717, 1.165) is 45.6 Å². The van der Waals surface area contributed by atoms with Gasteiger partial charge in [-0.2, -0.15) is 4.31 Å². The standard InChI is InChI=1S/C17H24ClN3O3S/c1-13-15(2-3-16(18)19-13)25(22,23)21-11-17(12-21)5-4-14(10-17)20-6-8-24-9-7-20/h2-3,14H,4-12H2,1H3/t14-/m1/s1. The van der Waals surface area contributed by atoms with E-state index < -0.39 is 10.0 Å². The Labute approximate surface area is 154 Å². The predicted octanol–water partition coefficient (Wildman–Crippen LogP) is 1.92.